The maximum Gasteiger partial charge on any atom is 0.289 e. The Hall–Kier alpha value is -1.77. The van der Waals surface area contributed by atoms with E-state index in [-0.39, 0.29) is 5.91 Å². The molecule has 0 saturated carbocycles. The number of rotatable bonds is 3. The van der Waals surface area contributed by atoms with Crippen molar-refractivity contribution in [3.8, 4) is 0 Å². The zero-order valence-corrected chi connectivity index (χ0v) is 10.5. The summed E-state index contributed by atoms with van der Waals surface area (Å²) in [5.41, 5.74) is 1.86. The first-order valence-electron chi connectivity index (χ1n) is 5.95. The van der Waals surface area contributed by atoms with Crippen molar-refractivity contribution in [3.05, 3.63) is 35.6 Å². The van der Waals surface area contributed by atoms with Crippen LogP contribution in [0.3, 0.4) is 0 Å². The first kappa shape index (κ1) is 11.7. The second kappa shape index (κ2) is 4.62. The molecule has 1 amide bonds. The van der Waals surface area contributed by atoms with Crippen molar-refractivity contribution < 1.29 is 9.21 Å². The van der Waals surface area contributed by atoms with Gasteiger partial charge in [-0.05, 0) is 32.4 Å². The molecule has 2 aromatic rings. The number of carbonyl (C=O) groups is 1. The Bertz CT molecular complexity index is 538. The molecule has 0 aliphatic carbocycles. The molecule has 0 aliphatic heterocycles. The van der Waals surface area contributed by atoms with Gasteiger partial charge in [0.05, 0.1) is 0 Å². The first-order chi connectivity index (χ1) is 8.17. The highest BCUT2D eigenvalue weighted by Gasteiger charge is 2.17. The zero-order valence-electron chi connectivity index (χ0n) is 10.5. The van der Waals surface area contributed by atoms with E-state index in [1.54, 1.807) is 4.90 Å². The van der Waals surface area contributed by atoms with Crippen molar-refractivity contribution in [3.63, 3.8) is 0 Å². The van der Waals surface area contributed by atoms with Crippen LogP contribution in [0.4, 0.5) is 0 Å². The van der Waals surface area contributed by atoms with E-state index in [0.29, 0.717) is 18.8 Å². The molecule has 0 atom stereocenters. The van der Waals surface area contributed by atoms with Crippen molar-refractivity contribution in [2.45, 2.75) is 20.8 Å². The van der Waals surface area contributed by atoms with Gasteiger partial charge < -0.3 is 9.32 Å². The Kier molecular flexibility index (Phi) is 3.18. The van der Waals surface area contributed by atoms with Crippen LogP contribution < -0.4 is 0 Å². The predicted octanol–water partition coefficient (Wildman–Crippen LogP) is 3.22. The lowest BCUT2D eigenvalue weighted by Gasteiger charge is -2.16. The summed E-state index contributed by atoms with van der Waals surface area (Å²) in [4.78, 5) is 13.9. The summed E-state index contributed by atoms with van der Waals surface area (Å²) < 4.78 is 5.65. The van der Waals surface area contributed by atoms with E-state index in [0.717, 1.165) is 16.5 Å². The number of carbonyl (C=O) groups excluding carboxylic acids is 1. The van der Waals surface area contributed by atoms with Gasteiger partial charge in [0, 0.05) is 18.5 Å². The minimum absolute atomic E-state index is 0.0365. The molecule has 0 N–H and O–H groups in total. The van der Waals surface area contributed by atoms with Gasteiger partial charge in [0.25, 0.3) is 5.91 Å². The number of hydrogen-bond donors (Lipinski definition) is 0. The second-order valence-corrected chi connectivity index (χ2v) is 4.08. The standard InChI is InChI=1S/C14H17NO2/c1-4-15(5-2)14(16)12-9-11-8-6-7-10(3)13(11)17-12/h6-9H,4-5H2,1-3H3. The fourth-order valence-corrected chi connectivity index (χ4v) is 1.98. The molecular formula is C14H17NO2. The van der Waals surface area contributed by atoms with Crippen molar-refractivity contribution in [2.75, 3.05) is 13.1 Å². The molecule has 0 aliphatic rings. The van der Waals surface area contributed by atoms with Crippen LogP contribution in [0.5, 0.6) is 0 Å². The van der Waals surface area contributed by atoms with Crippen molar-refractivity contribution in [1.29, 1.82) is 0 Å². The van der Waals surface area contributed by atoms with E-state index in [1.807, 2.05) is 45.0 Å². The zero-order chi connectivity index (χ0) is 12.4. The lowest BCUT2D eigenvalue weighted by Crippen LogP contribution is -2.30. The molecule has 0 unspecified atom stereocenters. The second-order valence-electron chi connectivity index (χ2n) is 4.08. The van der Waals surface area contributed by atoms with Gasteiger partial charge in [0.15, 0.2) is 5.76 Å². The van der Waals surface area contributed by atoms with E-state index in [4.69, 9.17) is 4.42 Å². The van der Waals surface area contributed by atoms with Crippen molar-refractivity contribution in [2.24, 2.45) is 0 Å². The summed E-state index contributed by atoms with van der Waals surface area (Å²) in [6, 6.07) is 7.74. The molecule has 3 nitrogen and oxygen atoms in total. The Balaban J connectivity index is 2.43. The molecule has 0 bridgehead atoms. The number of amides is 1. The molecule has 1 heterocycles. The predicted molar refractivity (Wildman–Crippen MR) is 68.2 cm³/mol. The van der Waals surface area contributed by atoms with Gasteiger partial charge in [0.2, 0.25) is 0 Å². The van der Waals surface area contributed by atoms with Crippen LogP contribution in [0.15, 0.2) is 28.7 Å². The summed E-state index contributed by atoms with van der Waals surface area (Å²) in [7, 11) is 0. The van der Waals surface area contributed by atoms with Crippen LogP contribution in [0, 0.1) is 6.92 Å². The molecule has 3 heteroatoms. The van der Waals surface area contributed by atoms with Crippen molar-refractivity contribution in [1.82, 2.24) is 4.90 Å². The Morgan fingerprint density at radius 2 is 2.00 bits per heavy atom. The van der Waals surface area contributed by atoms with Gasteiger partial charge in [-0.3, -0.25) is 4.79 Å². The van der Waals surface area contributed by atoms with Gasteiger partial charge in [-0.2, -0.15) is 0 Å². The quantitative estimate of drug-likeness (QED) is 0.812. The van der Waals surface area contributed by atoms with E-state index in [1.165, 1.54) is 0 Å². The Morgan fingerprint density at radius 1 is 1.29 bits per heavy atom. The summed E-state index contributed by atoms with van der Waals surface area (Å²) in [5.74, 6) is 0.392. The molecule has 0 fully saturated rings. The summed E-state index contributed by atoms with van der Waals surface area (Å²) in [6.45, 7) is 7.32. The molecule has 17 heavy (non-hydrogen) atoms. The van der Waals surface area contributed by atoms with E-state index < -0.39 is 0 Å². The fourth-order valence-electron chi connectivity index (χ4n) is 1.98. The molecule has 0 spiro atoms. The number of nitrogens with zero attached hydrogens (tertiary/aromatic N) is 1. The van der Waals surface area contributed by atoms with Gasteiger partial charge >= 0.3 is 0 Å². The van der Waals surface area contributed by atoms with Crippen LogP contribution in [0.25, 0.3) is 11.0 Å². The molecule has 2 rings (SSSR count). The van der Waals surface area contributed by atoms with E-state index in [2.05, 4.69) is 0 Å². The maximum absolute atomic E-state index is 12.1. The number of aryl methyl sites for hydroxylation is 1. The third kappa shape index (κ3) is 2.05. The molecule has 90 valence electrons. The third-order valence-corrected chi connectivity index (χ3v) is 3.00. The summed E-state index contributed by atoms with van der Waals surface area (Å²) in [5, 5.41) is 0.987. The van der Waals surface area contributed by atoms with Crippen LogP contribution in [0.1, 0.15) is 30.0 Å². The van der Waals surface area contributed by atoms with Gasteiger partial charge in [0.1, 0.15) is 5.58 Å². The van der Waals surface area contributed by atoms with Crippen molar-refractivity contribution >= 4 is 16.9 Å². The first-order valence-corrected chi connectivity index (χ1v) is 5.95. The minimum atomic E-state index is -0.0365. The number of hydrogen-bond acceptors (Lipinski definition) is 2. The highest BCUT2D eigenvalue weighted by Crippen LogP contribution is 2.23. The maximum atomic E-state index is 12.1. The largest absolute Gasteiger partial charge is 0.451 e. The average Bonchev–Trinajstić information content (AvgIpc) is 2.76. The fraction of sp³-hybridized carbons (Fsp3) is 0.357. The Morgan fingerprint density at radius 3 is 2.59 bits per heavy atom. The van der Waals surface area contributed by atoms with Crippen LogP contribution in [-0.4, -0.2) is 23.9 Å². The van der Waals surface area contributed by atoms with E-state index in [9.17, 15) is 4.79 Å². The SMILES string of the molecule is CCN(CC)C(=O)c1cc2cccc(C)c2o1. The van der Waals surface area contributed by atoms with E-state index >= 15 is 0 Å². The Labute approximate surface area is 101 Å². The van der Waals surface area contributed by atoms with Gasteiger partial charge in [-0.15, -0.1) is 0 Å². The monoisotopic (exact) mass is 231 g/mol. The lowest BCUT2D eigenvalue weighted by molar-refractivity contribution is 0.0743. The molecule has 1 aromatic carbocycles. The smallest absolute Gasteiger partial charge is 0.289 e. The topological polar surface area (TPSA) is 33.5 Å². The number of fused-ring (bicyclic) bond motifs is 1. The summed E-state index contributed by atoms with van der Waals surface area (Å²) >= 11 is 0. The summed E-state index contributed by atoms with van der Waals surface area (Å²) in [6.07, 6.45) is 0. The minimum Gasteiger partial charge on any atom is -0.451 e. The van der Waals surface area contributed by atoms with Gasteiger partial charge in [-0.25, -0.2) is 0 Å². The number of furan rings is 1. The lowest BCUT2D eigenvalue weighted by atomic mass is 10.2. The molecule has 0 radical (unpaired) electrons. The molecule has 1 aromatic heterocycles. The van der Waals surface area contributed by atoms with Gasteiger partial charge in [-0.1, -0.05) is 18.2 Å². The number of para-hydroxylation sites is 1. The molecular weight excluding hydrogens is 214 g/mol. The highest BCUT2D eigenvalue weighted by atomic mass is 16.3. The number of benzene rings is 1. The van der Waals surface area contributed by atoms with Crippen LogP contribution in [0.2, 0.25) is 0 Å². The normalized spacial score (nSPS) is 10.8. The van der Waals surface area contributed by atoms with Crippen LogP contribution >= 0.6 is 0 Å². The average molecular weight is 231 g/mol. The third-order valence-electron chi connectivity index (χ3n) is 3.00. The van der Waals surface area contributed by atoms with Crippen LogP contribution in [-0.2, 0) is 0 Å². The molecule has 0 saturated heterocycles. The highest BCUT2D eigenvalue weighted by molar-refractivity contribution is 5.96.